The normalized spacial score (nSPS) is 11.8. The molecule has 1 atom stereocenters. The number of aryl methyl sites for hydroxylation is 3. The van der Waals surface area contributed by atoms with E-state index in [9.17, 15) is 4.79 Å². The van der Waals surface area contributed by atoms with Crippen molar-refractivity contribution in [2.75, 3.05) is 5.32 Å². The van der Waals surface area contributed by atoms with Crippen molar-refractivity contribution >= 4 is 11.6 Å². The Balaban J connectivity index is 2.12. The zero-order valence-corrected chi connectivity index (χ0v) is 14.3. The van der Waals surface area contributed by atoms with Crippen molar-refractivity contribution in [3.8, 4) is 5.75 Å². The number of benzene rings is 2. The van der Waals surface area contributed by atoms with Gasteiger partial charge >= 0.3 is 0 Å². The minimum Gasteiger partial charge on any atom is -0.481 e. The van der Waals surface area contributed by atoms with Crippen molar-refractivity contribution in [2.45, 2.75) is 46.6 Å². The van der Waals surface area contributed by atoms with Gasteiger partial charge in [-0.1, -0.05) is 50.2 Å². The van der Waals surface area contributed by atoms with Crippen molar-refractivity contribution in [3.05, 3.63) is 59.2 Å². The molecule has 0 aliphatic rings. The molecule has 0 saturated carbocycles. The zero-order chi connectivity index (χ0) is 16.8. The highest BCUT2D eigenvalue weighted by Crippen LogP contribution is 2.23. The number of hydrogen-bond donors (Lipinski definition) is 1. The van der Waals surface area contributed by atoms with Crippen LogP contribution in [0.15, 0.2) is 42.5 Å². The van der Waals surface area contributed by atoms with E-state index in [1.54, 1.807) is 6.92 Å². The number of carbonyl (C=O) groups is 1. The molecule has 3 nitrogen and oxygen atoms in total. The van der Waals surface area contributed by atoms with E-state index in [0.29, 0.717) is 0 Å². The number of hydrogen-bond acceptors (Lipinski definition) is 2. The average molecular weight is 311 g/mol. The van der Waals surface area contributed by atoms with Gasteiger partial charge in [0.1, 0.15) is 5.75 Å². The summed E-state index contributed by atoms with van der Waals surface area (Å²) in [5.74, 6) is 0.651. The summed E-state index contributed by atoms with van der Waals surface area (Å²) in [7, 11) is 0. The third-order valence-electron chi connectivity index (χ3n) is 4.01. The van der Waals surface area contributed by atoms with Crippen LogP contribution in [0.25, 0.3) is 0 Å². The molecule has 0 bridgehead atoms. The van der Waals surface area contributed by atoms with Gasteiger partial charge in [0.25, 0.3) is 5.91 Å². The summed E-state index contributed by atoms with van der Waals surface area (Å²) in [6.45, 7) is 7.95. The van der Waals surface area contributed by atoms with Crippen molar-refractivity contribution in [1.82, 2.24) is 0 Å². The molecule has 0 aliphatic heterocycles. The first kappa shape index (κ1) is 17.1. The van der Waals surface area contributed by atoms with Crippen LogP contribution in [0.1, 0.15) is 37.5 Å². The number of amides is 1. The lowest BCUT2D eigenvalue weighted by Crippen LogP contribution is -2.31. The Morgan fingerprint density at radius 3 is 2.39 bits per heavy atom. The Morgan fingerprint density at radius 2 is 1.70 bits per heavy atom. The third kappa shape index (κ3) is 4.13. The Kier molecular flexibility index (Phi) is 5.80. The van der Waals surface area contributed by atoms with Gasteiger partial charge in [-0.15, -0.1) is 0 Å². The summed E-state index contributed by atoms with van der Waals surface area (Å²) in [5.41, 5.74) is 4.22. The second-order valence-corrected chi connectivity index (χ2v) is 5.67. The predicted octanol–water partition coefficient (Wildman–Crippen LogP) is 4.53. The molecule has 1 amide bonds. The minimum atomic E-state index is -0.549. The number of nitrogens with one attached hydrogen (secondary N) is 1. The molecule has 2 aromatic rings. The molecule has 0 aliphatic carbocycles. The van der Waals surface area contributed by atoms with Crippen LogP contribution in [0, 0.1) is 6.92 Å². The molecular formula is C20H25NO2. The number of carbonyl (C=O) groups excluding carboxylic acids is 1. The monoisotopic (exact) mass is 311 g/mol. The lowest BCUT2D eigenvalue weighted by molar-refractivity contribution is -0.122. The van der Waals surface area contributed by atoms with E-state index in [1.807, 2.05) is 49.4 Å². The number of anilines is 1. The fourth-order valence-electron chi connectivity index (χ4n) is 2.58. The zero-order valence-electron chi connectivity index (χ0n) is 14.3. The standard InChI is InChI=1S/C20H25NO2/c1-5-16-11-7-8-13-18(16)23-15(4)20(22)21-19-14(3)10-9-12-17(19)6-2/h7-13,15H,5-6H2,1-4H3,(H,21,22)/t15-/m0/s1. The lowest BCUT2D eigenvalue weighted by atomic mass is 10.1. The van der Waals surface area contributed by atoms with Gasteiger partial charge in [-0.25, -0.2) is 0 Å². The maximum absolute atomic E-state index is 12.5. The Labute approximate surface area is 138 Å². The summed E-state index contributed by atoms with van der Waals surface area (Å²) in [6.07, 6.45) is 1.21. The van der Waals surface area contributed by atoms with Crippen LogP contribution in [0.5, 0.6) is 5.75 Å². The van der Waals surface area contributed by atoms with Crippen LogP contribution in [-0.4, -0.2) is 12.0 Å². The summed E-state index contributed by atoms with van der Waals surface area (Å²) in [4.78, 5) is 12.5. The molecule has 0 unspecified atom stereocenters. The maximum atomic E-state index is 12.5. The Bertz CT molecular complexity index is 679. The van der Waals surface area contributed by atoms with Crippen LogP contribution in [0.4, 0.5) is 5.69 Å². The Morgan fingerprint density at radius 1 is 1.04 bits per heavy atom. The van der Waals surface area contributed by atoms with Gasteiger partial charge < -0.3 is 10.1 Å². The molecule has 0 spiro atoms. The van der Waals surface area contributed by atoms with E-state index in [4.69, 9.17) is 4.74 Å². The summed E-state index contributed by atoms with van der Waals surface area (Å²) in [6, 6.07) is 13.9. The largest absolute Gasteiger partial charge is 0.481 e. The van der Waals surface area contributed by atoms with Crippen molar-refractivity contribution in [1.29, 1.82) is 0 Å². The fraction of sp³-hybridized carbons (Fsp3) is 0.350. The van der Waals surface area contributed by atoms with E-state index in [-0.39, 0.29) is 5.91 Å². The van der Waals surface area contributed by atoms with E-state index in [1.165, 1.54) is 0 Å². The van der Waals surface area contributed by atoms with E-state index >= 15 is 0 Å². The number of ether oxygens (including phenoxy) is 1. The maximum Gasteiger partial charge on any atom is 0.265 e. The highest BCUT2D eigenvalue weighted by Gasteiger charge is 2.18. The summed E-state index contributed by atoms with van der Waals surface area (Å²) < 4.78 is 5.87. The van der Waals surface area contributed by atoms with Gasteiger partial charge in [0.2, 0.25) is 0 Å². The van der Waals surface area contributed by atoms with Crippen LogP contribution < -0.4 is 10.1 Å². The average Bonchev–Trinajstić information content (AvgIpc) is 2.57. The summed E-state index contributed by atoms with van der Waals surface area (Å²) >= 11 is 0. The topological polar surface area (TPSA) is 38.3 Å². The van der Waals surface area contributed by atoms with Crippen LogP contribution >= 0.6 is 0 Å². The van der Waals surface area contributed by atoms with Gasteiger partial charge in [0.05, 0.1) is 0 Å². The van der Waals surface area contributed by atoms with E-state index in [2.05, 4.69) is 19.2 Å². The number of rotatable bonds is 6. The summed E-state index contributed by atoms with van der Waals surface area (Å²) in [5, 5.41) is 3.02. The molecule has 0 saturated heterocycles. The molecule has 1 N–H and O–H groups in total. The predicted molar refractivity (Wildman–Crippen MR) is 95.1 cm³/mol. The van der Waals surface area contributed by atoms with Crippen molar-refractivity contribution in [2.24, 2.45) is 0 Å². The molecule has 3 heteroatoms. The fourth-order valence-corrected chi connectivity index (χ4v) is 2.58. The molecule has 2 rings (SSSR count). The molecule has 23 heavy (non-hydrogen) atoms. The molecule has 0 aromatic heterocycles. The van der Waals surface area contributed by atoms with Crippen LogP contribution in [0.2, 0.25) is 0 Å². The molecule has 0 heterocycles. The van der Waals surface area contributed by atoms with E-state index in [0.717, 1.165) is 41.0 Å². The van der Waals surface area contributed by atoms with Crippen LogP contribution in [0.3, 0.4) is 0 Å². The highest BCUT2D eigenvalue weighted by molar-refractivity contribution is 5.95. The Hall–Kier alpha value is -2.29. The molecule has 0 radical (unpaired) electrons. The van der Waals surface area contributed by atoms with Crippen molar-refractivity contribution in [3.63, 3.8) is 0 Å². The van der Waals surface area contributed by atoms with Crippen LogP contribution in [-0.2, 0) is 17.6 Å². The third-order valence-corrected chi connectivity index (χ3v) is 4.01. The first-order valence-corrected chi connectivity index (χ1v) is 8.20. The van der Waals surface area contributed by atoms with Gasteiger partial charge in [-0.3, -0.25) is 4.79 Å². The van der Waals surface area contributed by atoms with Crippen molar-refractivity contribution < 1.29 is 9.53 Å². The van der Waals surface area contributed by atoms with Gasteiger partial charge in [0.15, 0.2) is 6.10 Å². The second kappa shape index (κ2) is 7.82. The quantitative estimate of drug-likeness (QED) is 0.851. The lowest BCUT2D eigenvalue weighted by Gasteiger charge is -2.19. The smallest absolute Gasteiger partial charge is 0.265 e. The van der Waals surface area contributed by atoms with Gasteiger partial charge in [-0.05, 0) is 49.4 Å². The minimum absolute atomic E-state index is 0.125. The highest BCUT2D eigenvalue weighted by atomic mass is 16.5. The number of para-hydroxylation sites is 2. The molecule has 2 aromatic carbocycles. The molecular weight excluding hydrogens is 286 g/mol. The first-order valence-electron chi connectivity index (χ1n) is 8.20. The SMILES string of the molecule is CCc1ccccc1O[C@@H](C)C(=O)Nc1c(C)cccc1CC. The van der Waals surface area contributed by atoms with Gasteiger partial charge in [-0.2, -0.15) is 0 Å². The molecule has 0 fully saturated rings. The first-order chi connectivity index (χ1) is 11.1. The van der Waals surface area contributed by atoms with Gasteiger partial charge in [0, 0.05) is 5.69 Å². The molecule has 122 valence electrons. The van der Waals surface area contributed by atoms with E-state index < -0.39 is 6.10 Å². The second-order valence-electron chi connectivity index (χ2n) is 5.67.